The van der Waals surface area contributed by atoms with Crippen molar-refractivity contribution < 1.29 is 9.47 Å². The first kappa shape index (κ1) is 8.34. The van der Waals surface area contributed by atoms with Gasteiger partial charge in [0.2, 0.25) is 5.79 Å². The van der Waals surface area contributed by atoms with E-state index in [1.807, 2.05) is 20.8 Å². The van der Waals surface area contributed by atoms with Crippen molar-refractivity contribution in [2.45, 2.75) is 32.2 Å². The molecule has 0 radical (unpaired) electrons. The predicted molar refractivity (Wildman–Crippen MR) is 44.0 cm³/mol. The Morgan fingerprint density at radius 2 is 1.91 bits per heavy atom. The van der Waals surface area contributed by atoms with Crippen LogP contribution in [0.2, 0.25) is 0 Å². The van der Waals surface area contributed by atoms with Gasteiger partial charge in [-0.15, -0.1) is 0 Å². The van der Waals surface area contributed by atoms with Gasteiger partial charge in [-0.2, -0.15) is 0 Å². The molecule has 2 heteroatoms. The first-order chi connectivity index (χ1) is 4.90. The standard InChI is InChI=1S/C9H14O2/c1-6-9(5)7(2)10-8(3,4)11-9/h6H,1-2H2,3-5H3. The fraction of sp³-hybridized carbons (Fsp3) is 0.556. The van der Waals surface area contributed by atoms with Crippen LogP contribution in [-0.2, 0) is 9.47 Å². The van der Waals surface area contributed by atoms with Crippen molar-refractivity contribution in [3.63, 3.8) is 0 Å². The van der Waals surface area contributed by atoms with Crippen LogP contribution in [0.15, 0.2) is 25.0 Å². The number of ether oxygens (including phenoxy) is 2. The smallest absolute Gasteiger partial charge is 0.205 e. The minimum atomic E-state index is -0.569. The van der Waals surface area contributed by atoms with Crippen molar-refractivity contribution in [3.05, 3.63) is 25.0 Å². The zero-order chi connectivity index (χ0) is 8.70. The molecule has 0 N–H and O–H groups in total. The molecule has 0 amide bonds. The molecule has 0 saturated carbocycles. The van der Waals surface area contributed by atoms with E-state index in [9.17, 15) is 0 Å². The molecule has 0 aromatic rings. The van der Waals surface area contributed by atoms with Gasteiger partial charge in [0.25, 0.3) is 0 Å². The molecular weight excluding hydrogens is 140 g/mol. The van der Waals surface area contributed by atoms with E-state index in [1.165, 1.54) is 0 Å². The minimum Gasteiger partial charge on any atom is -0.464 e. The Hall–Kier alpha value is -0.760. The molecule has 11 heavy (non-hydrogen) atoms. The quantitative estimate of drug-likeness (QED) is 0.539. The second-order valence-corrected chi connectivity index (χ2v) is 3.34. The van der Waals surface area contributed by atoms with E-state index in [0.29, 0.717) is 5.76 Å². The van der Waals surface area contributed by atoms with E-state index in [4.69, 9.17) is 9.47 Å². The Kier molecular flexibility index (Phi) is 1.60. The molecule has 1 aliphatic rings. The summed E-state index contributed by atoms with van der Waals surface area (Å²) in [7, 11) is 0. The first-order valence-electron chi connectivity index (χ1n) is 3.62. The third-order valence-electron chi connectivity index (χ3n) is 1.77. The lowest BCUT2D eigenvalue weighted by atomic mass is 10.1. The largest absolute Gasteiger partial charge is 0.464 e. The van der Waals surface area contributed by atoms with Gasteiger partial charge in [0, 0.05) is 13.8 Å². The van der Waals surface area contributed by atoms with Gasteiger partial charge >= 0.3 is 0 Å². The van der Waals surface area contributed by atoms with Gasteiger partial charge in [-0.3, -0.25) is 0 Å². The second-order valence-electron chi connectivity index (χ2n) is 3.34. The Labute approximate surface area is 67.5 Å². The summed E-state index contributed by atoms with van der Waals surface area (Å²) in [5.41, 5.74) is -0.524. The molecule has 0 spiro atoms. The van der Waals surface area contributed by atoms with Crippen molar-refractivity contribution in [3.8, 4) is 0 Å². The molecule has 1 saturated heterocycles. The summed E-state index contributed by atoms with van der Waals surface area (Å²) in [4.78, 5) is 0. The van der Waals surface area contributed by atoms with Gasteiger partial charge < -0.3 is 9.47 Å². The summed E-state index contributed by atoms with van der Waals surface area (Å²) in [5, 5.41) is 0. The summed E-state index contributed by atoms with van der Waals surface area (Å²) in [6.45, 7) is 13.0. The van der Waals surface area contributed by atoms with E-state index >= 15 is 0 Å². The SMILES string of the molecule is C=CC1(C)OC(C)(C)OC1=C. The highest BCUT2D eigenvalue weighted by Gasteiger charge is 2.43. The normalized spacial score (nSPS) is 35.0. The van der Waals surface area contributed by atoms with Crippen molar-refractivity contribution in [2.75, 3.05) is 0 Å². The molecule has 1 unspecified atom stereocenters. The lowest BCUT2D eigenvalue weighted by molar-refractivity contribution is -0.145. The molecule has 1 fully saturated rings. The maximum atomic E-state index is 5.56. The average Bonchev–Trinajstić information content (AvgIpc) is 2.03. The maximum Gasteiger partial charge on any atom is 0.205 e. The van der Waals surface area contributed by atoms with Gasteiger partial charge in [-0.05, 0) is 6.92 Å². The molecule has 0 bridgehead atoms. The fourth-order valence-electron chi connectivity index (χ4n) is 1.14. The van der Waals surface area contributed by atoms with Crippen LogP contribution in [0.25, 0.3) is 0 Å². The third kappa shape index (κ3) is 1.31. The topological polar surface area (TPSA) is 18.5 Å². The minimum absolute atomic E-state index is 0.524. The van der Waals surface area contributed by atoms with Crippen LogP contribution >= 0.6 is 0 Å². The molecular formula is C9H14O2. The summed E-state index contributed by atoms with van der Waals surface area (Å²) >= 11 is 0. The molecule has 0 aromatic carbocycles. The van der Waals surface area contributed by atoms with Crippen molar-refractivity contribution in [1.82, 2.24) is 0 Å². The first-order valence-corrected chi connectivity index (χ1v) is 3.62. The van der Waals surface area contributed by atoms with Crippen LogP contribution in [0.3, 0.4) is 0 Å². The maximum absolute atomic E-state index is 5.56. The highest BCUT2D eigenvalue weighted by atomic mass is 16.8. The van der Waals surface area contributed by atoms with Crippen LogP contribution < -0.4 is 0 Å². The lowest BCUT2D eigenvalue weighted by Crippen LogP contribution is -2.27. The summed E-state index contributed by atoms with van der Waals surface area (Å²) in [6, 6.07) is 0. The highest BCUT2D eigenvalue weighted by Crippen LogP contribution is 2.38. The molecule has 2 nitrogen and oxygen atoms in total. The van der Waals surface area contributed by atoms with E-state index < -0.39 is 11.4 Å². The van der Waals surface area contributed by atoms with Crippen molar-refractivity contribution in [1.29, 1.82) is 0 Å². The average molecular weight is 154 g/mol. The van der Waals surface area contributed by atoms with Crippen molar-refractivity contribution >= 4 is 0 Å². The van der Waals surface area contributed by atoms with Crippen LogP contribution in [0.4, 0.5) is 0 Å². The van der Waals surface area contributed by atoms with Gasteiger partial charge in [-0.25, -0.2) is 0 Å². The monoisotopic (exact) mass is 154 g/mol. The second kappa shape index (κ2) is 2.11. The van der Waals surface area contributed by atoms with Gasteiger partial charge in [0.1, 0.15) is 11.4 Å². The Balaban J connectivity index is 2.90. The van der Waals surface area contributed by atoms with E-state index in [0.717, 1.165) is 0 Å². The number of rotatable bonds is 1. The molecule has 1 atom stereocenters. The van der Waals surface area contributed by atoms with Crippen LogP contribution in [0, 0.1) is 0 Å². The summed E-state index contributed by atoms with van der Waals surface area (Å²) in [5.74, 6) is 0.0533. The van der Waals surface area contributed by atoms with E-state index in [2.05, 4.69) is 13.2 Å². The predicted octanol–water partition coefficient (Wildman–Crippen LogP) is 2.23. The molecule has 62 valence electrons. The van der Waals surface area contributed by atoms with Gasteiger partial charge in [-0.1, -0.05) is 19.2 Å². The van der Waals surface area contributed by atoms with Crippen LogP contribution in [0.1, 0.15) is 20.8 Å². The summed E-state index contributed by atoms with van der Waals surface area (Å²) in [6.07, 6.45) is 1.70. The Morgan fingerprint density at radius 1 is 1.36 bits per heavy atom. The lowest BCUT2D eigenvalue weighted by Gasteiger charge is -2.19. The van der Waals surface area contributed by atoms with Gasteiger partial charge in [0.05, 0.1) is 0 Å². The number of hydrogen-bond acceptors (Lipinski definition) is 2. The number of hydrogen-bond donors (Lipinski definition) is 0. The molecule has 1 rings (SSSR count). The molecule has 1 aliphatic heterocycles. The fourth-order valence-corrected chi connectivity index (χ4v) is 1.14. The molecule has 0 aliphatic carbocycles. The molecule has 1 heterocycles. The highest BCUT2D eigenvalue weighted by molar-refractivity contribution is 5.18. The third-order valence-corrected chi connectivity index (χ3v) is 1.77. The van der Waals surface area contributed by atoms with Crippen molar-refractivity contribution in [2.24, 2.45) is 0 Å². The Bertz CT molecular complexity index is 206. The zero-order valence-corrected chi connectivity index (χ0v) is 7.31. The van der Waals surface area contributed by atoms with Crippen LogP contribution in [0.5, 0.6) is 0 Å². The van der Waals surface area contributed by atoms with E-state index in [-0.39, 0.29) is 0 Å². The molecule has 0 aromatic heterocycles. The zero-order valence-electron chi connectivity index (χ0n) is 7.31. The summed E-state index contributed by atoms with van der Waals surface area (Å²) < 4.78 is 10.9. The van der Waals surface area contributed by atoms with Gasteiger partial charge in [0.15, 0.2) is 0 Å². The van der Waals surface area contributed by atoms with E-state index in [1.54, 1.807) is 6.08 Å². The Morgan fingerprint density at radius 3 is 2.09 bits per heavy atom. The van der Waals surface area contributed by atoms with Crippen LogP contribution in [-0.4, -0.2) is 11.4 Å².